The normalized spacial score (nSPS) is 12.9. The van der Waals surface area contributed by atoms with Gasteiger partial charge in [-0.05, 0) is 39.0 Å². The van der Waals surface area contributed by atoms with E-state index in [1.807, 2.05) is 12.1 Å². The van der Waals surface area contributed by atoms with E-state index < -0.39 is 23.7 Å². The molecular weight excluding hydrogens is 286 g/mol. The van der Waals surface area contributed by atoms with Gasteiger partial charge in [-0.3, -0.25) is 0 Å². The second kappa shape index (κ2) is 6.05. The van der Waals surface area contributed by atoms with E-state index in [1.165, 1.54) is 0 Å². The van der Waals surface area contributed by atoms with Crippen LogP contribution >= 0.6 is 0 Å². The Hall–Kier alpha value is -2.57. The van der Waals surface area contributed by atoms with Gasteiger partial charge in [0.05, 0.1) is 6.54 Å². The number of aromatic nitrogens is 2. The lowest BCUT2D eigenvalue weighted by molar-refractivity contribution is -0.139. The van der Waals surface area contributed by atoms with Gasteiger partial charge < -0.3 is 19.7 Å². The summed E-state index contributed by atoms with van der Waals surface area (Å²) in [5.74, 6) is -1.14. The fourth-order valence-corrected chi connectivity index (χ4v) is 2.00. The van der Waals surface area contributed by atoms with Gasteiger partial charge in [-0.15, -0.1) is 0 Å². The molecule has 0 saturated carbocycles. The number of carbonyl (C=O) groups is 2. The predicted octanol–water partition coefficient (Wildman–Crippen LogP) is 2.01. The molecule has 2 N–H and O–H groups in total. The van der Waals surface area contributed by atoms with E-state index in [4.69, 9.17) is 4.74 Å². The van der Waals surface area contributed by atoms with Gasteiger partial charge in [-0.25, -0.2) is 14.6 Å². The van der Waals surface area contributed by atoms with Crippen LogP contribution in [0.2, 0.25) is 0 Å². The summed E-state index contributed by atoms with van der Waals surface area (Å²) in [7, 11) is 0. The maximum Gasteiger partial charge on any atom is 0.408 e. The molecule has 2 heterocycles. The minimum absolute atomic E-state index is 0.0646. The van der Waals surface area contributed by atoms with Crippen LogP contribution in [-0.4, -0.2) is 38.4 Å². The SMILES string of the molecule is CC(C)(C)OC(=O)N[C@@H](Cn1ccc2cccnc21)C(=O)O. The first-order valence-electron chi connectivity index (χ1n) is 6.88. The van der Waals surface area contributed by atoms with Crippen molar-refractivity contribution in [3.8, 4) is 0 Å². The number of pyridine rings is 1. The maximum absolute atomic E-state index is 11.7. The van der Waals surface area contributed by atoms with E-state index in [-0.39, 0.29) is 6.54 Å². The standard InChI is InChI=1S/C15H19N3O4/c1-15(2,3)22-14(21)17-11(13(19)20)9-18-8-6-10-5-4-7-16-12(10)18/h4-8,11H,9H2,1-3H3,(H,17,21)(H,19,20)/t11-/m0/s1. The van der Waals surface area contributed by atoms with Gasteiger partial charge >= 0.3 is 12.1 Å². The lowest BCUT2D eigenvalue weighted by Gasteiger charge is -2.22. The smallest absolute Gasteiger partial charge is 0.408 e. The summed E-state index contributed by atoms with van der Waals surface area (Å²) in [6.07, 6.45) is 2.62. The van der Waals surface area contributed by atoms with Crippen molar-refractivity contribution in [2.75, 3.05) is 0 Å². The van der Waals surface area contributed by atoms with Crippen LogP contribution < -0.4 is 5.32 Å². The van der Waals surface area contributed by atoms with E-state index in [1.54, 1.807) is 43.8 Å². The number of carboxylic acids is 1. The fraction of sp³-hybridized carbons (Fsp3) is 0.400. The molecule has 0 aliphatic rings. The van der Waals surface area contributed by atoms with Crippen LogP contribution in [-0.2, 0) is 16.1 Å². The quantitative estimate of drug-likeness (QED) is 0.901. The number of alkyl carbamates (subject to hydrolysis) is 1. The zero-order chi connectivity index (χ0) is 16.3. The average Bonchev–Trinajstić information content (AvgIpc) is 2.79. The summed E-state index contributed by atoms with van der Waals surface area (Å²) >= 11 is 0. The molecule has 0 aliphatic carbocycles. The van der Waals surface area contributed by atoms with Crippen molar-refractivity contribution in [3.63, 3.8) is 0 Å². The number of amides is 1. The van der Waals surface area contributed by atoms with Crippen LogP contribution in [0.5, 0.6) is 0 Å². The highest BCUT2D eigenvalue weighted by Crippen LogP contribution is 2.13. The highest BCUT2D eigenvalue weighted by molar-refractivity contribution is 5.81. The molecule has 0 unspecified atom stereocenters. The Balaban J connectivity index is 2.12. The Morgan fingerprint density at radius 2 is 2.14 bits per heavy atom. The van der Waals surface area contributed by atoms with Gasteiger partial charge in [0, 0.05) is 17.8 Å². The Labute approximate surface area is 127 Å². The molecule has 0 aliphatic heterocycles. The van der Waals surface area contributed by atoms with Crippen LogP contribution in [0.4, 0.5) is 4.79 Å². The Bertz CT molecular complexity index is 687. The number of ether oxygens (including phenoxy) is 1. The van der Waals surface area contributed by atoms with Gasteiger partial charge in [0.25, 0.3) is 0 Å². The van der Waals surface area contributed by atoms with Crippen molar-refractivity contribution in [3.05, 3.63) is 30.6 Å². The molecule has 118 valence electrons. The van der Waals surface area contributed by atoms with Crippen LogP contribution in [0.25, 0.3) is 11.0 Å². The molecule has 0 bridgehead atoms. The number of fused-ring (bicyclic) bond motifs is 1. The molecule has 7 heteroatoms. The summed E-state index contributed by atoms with van der Waals surface area (Å²) in [5, 5.41) is 12.6. The van der Waals surface area contributed by atoms with Crippen LogP contribution in [0, 0.1) is 0 Å². The minimum atomic E-state index is -1.14. The summed E-state index contributed by atoms with van der Waals surface area (Å²) in [6.45, 7) is 5.21. The van der Waals surface area contributed by atoms with E-state index in [0.717, 1.165) is 5.39 Å². The molecule has 1 amide bonds. The third kappa shape index (κ3) is 3.97. The molecular formula is C15H19N3O4. The van der Waals surface area contributed by atoms with E-state index in [0.29, 0.717) is 5.65 Å². The maximum atomic E-state index is 11.7. The highest BCUT2D eigenvalue weighted by atomic mass is 16.6. The molecule has 2 aromatic rings. The first-order valence-corrected chi connectivity index (χ1v) is 6.88. The summed E-state index contributed by atoms with van der Waals surface area (Å²) in [6, 6.07) is 4.43. The fourth-order valence-electron chi connectivity index (χ4n) is 2.00. The number of carbonyl (C=O) groups excluding carboxylic acids is 1. The molecule has 1 atom stereocenters. The van der Waals surface area contributed by atoms with E-state index in [2.05, 4.69) is 10.3 Å². The average molecular weight is 305 g/mol. The van der Waals surface area contributed by atoms with E-state index in [9.17, 15) is 14.7 Å². The lowest BCUT2D eigenvalue weighted by atomic mass is 10.2. The van der Waals surface area contributed by atoms with Crippen LogP contribution in [0.15, 0.2) is 30.6 Å². The largest absolute Gasteiger partial charge is 0.480 e. The van der Waals surface area contributed by atoms with Gasteiger partial charge in [-0.2, -0.15) is 0 Å². The van der Waals surface area contributed by atoms with Gasteiger partial charge in [0.15, 0.2) is 0 Å². The van der Waals surface area contributed by atoms with Crippen molar-refractivity contribution >= 4 is 23.1 Å². The summed E-state index contributed by atoms with van der Waals surface area (Å²) < 4.78 is 6.77. The first kappa shape index (κ1) is 15.8. The van der Waals surface area contributed by atoms with Crippen molar-refractivity contribution in [2.24, 2.45) is 0 Å². The third-order valence-electron chi connectivity index (χ3n) is 2.89. The van der Waals surface area contributed by atoms with Crippen LogP contribution in [0.1, 0.15) is 20.8 Å². The zero-order valence-corrected chi connectivity index (χ0v) is 12.7. The van der Waals surface area contributed by atoms with Crippen molar-refractivity contribution < 1.29 is 19.4 Å². The van der Waals surface area contributed by atoms with Crippen molar-refractivity contribution in [1.82, 2.24) is 14.9 Å². The summed E-state index contributed by atoms with van der Waals surface area (Å²) in [5.41, 5.74) is -0.0193. The Kier molecular flexibility index (Phi) is 4.35. The zero-order valence-electron chi connectivity index (χ0n) is 12.7. The number of hydrogen-bond acceptors (Lipinski definition) is 4. The topological polar surface area (TPSA) is 93.5 Å². The molecule has 0 radical (unpaired) electrons. The molecule has 22 heavy (non-hydrogen) atoms. The predicted molar refractivity (Wildman–Crippen MR) is 80.5 cm³/mol. The number of aliphatic carboxylic acids is 1. The van der Waals surface area contributed by atoms with Crippen molar-refractivity contribution in [2.45, 2.75) is 39.0 Å². The van der Waals surface area contributed by atoms with E-state index >= 15 is 0 Å². The van der Waals surface area contributed by atoms with Gasteiger partial charge in [0.1, 0.15) is 17.3 Å². The molecule has 2 aromatic heterocycles. The Morgan fingerprint density at radius 1 is 1.41 bits per heavy atom. The first-order chi connectivity index (χ1) is 10.3. The van der Waals surface area contributed by atoms with Gasteiger partial charge in [0.2, 0.25) is 0 Å². The molecule has 0 saturated heterocycles. The summed E-state index contributed by atoms with van der Waals surface area (Å²) in [4.78, 5) is 27.3. The second-order valence-corrected chi connectivity index (χ2v) is 5.92. The lowest BCUT2D eigenvalue weighted by Crippen LogP contribution is -2.45. The van der Waals surface area contributed by atoms with Gasteiger partial charge in [-0.1, -0.05) is 0 Å². The third-order valence-corrected chi connectivity index (χ3v) is 2.89. The molecule has 7 nitrogen and oxygen atoms in total. The number of rotatable bonds is 4. The van der Waals surface area contributed by atoms with Crippen LogP contribution in [0.3, 0.4) is 0 Å². The van der Waals surface area contributed by atoms with Crippen molar-refractivity contribution in [1.29, 1.82) is 0 Å². The molecule has 2 rings (SSSR count). The molecule has 0 spiro atoms. The highest BCUT2D eigenvalue weighted by Gasteiger charge is 2.24. The number of nitrogens with zero attached hydrogens (tertiary/aromatic N) is 2. The monoisotopic (exact) mass is 305 g/mol. The molecule has 0 aromatic carbocycles. The number of hydrogen-bond donors (Lipinski definition) is 2. The number of carboxylic acid groups (broad SMARTS) is 1. The molecule has 0 fully saturated rings. The number of nitrogens with one attached hydrogen (secondary N) is 1. The second-order valence-electron chi connectivity index (χ2n) is 5.92. The minimum Gasteiger partial charge on any atom is -0.480 e. The Morgan fingerprint density at radius 3 is 2.77 bits per heavy atom.